The zero-order valence-corrected chi connectivity index (χ0v) is 17.8. The summed E-state index contributed by atoms with van der Waals surface area (Å²) in [7, 11) is 0. The number of carbonyl (C=O) groups excluding carboxylic acids is 1. The second kappa shape index (κ2) is 9.49. The molecule has 4 unspecified atom stereocenters. The molecule has 0 aliphatic heterocycles. The first-order valence-corrected chi connectivity index (χ1v) is 8.74. The topological polar surface area (TPSA) is 46.5 Å². The number of esters is 1. The van der Waals surface area contributed by atoms with Gasteiger partial charge in [-0.25, -0.2) is 18.0 Å². The van der Waals surface area contributed by atoms with Crippen LogP contribution in [0.1, 0.15) is 13.8 Å². The molecule has 0 aromatic rings. The lowest BCUT2D eigenvalue weighted by atomic mass is 9.84. The summed E-state index contributed by atoms with van der Waals surface area (Å²) in [6.07, 6.45) is -18.5. The second-order valence-electron chi connectivity index (χ2n) is 7.59. The summed E-state index contributed by atoms with van der Waals surface area (Å²) in [6.45, 7) is 1.55. The van der Waals surface area contributed by atoms with Crippen molar-refractivity contribution in [3.63, 3.8) is 0 Å². The summed E-state index contributed by atoms with van der Waals surface area (Å²) in [5.74, 6) is -59.9. The summed E-state index contributed by atoms with van der Waals surface area (Å²) in [5.41, 5.74) is -7.96. The van der Waals surface area contributed by atoms with E-state index in [0.717, 1.165) is 0 Å². The van der Waals surface area contributed by atoms with E-state index in [1.165, 1.54) is 0 Å². The zero-order valence-electron chi connectivity index (χ0n) is 17.8. The van der Waals surface area contributed by atoms with Gasteiger partial charge in [-0.1, -0.05) is 6.58 Å². The van der Waals surface area contributed by atoms with Gasteiger partial charge in [0.15, 0.2) is 0 Å². The molecule has 0 saturated heterocycles. The van der Waals surface area contributed by atoms with Crippen molar-refractivity contribution < 1.29 is 98.1 Å². The second-order valence-corrected chi connectivity index (χ2v) is 7.59. The van der Waals surface area contributed by atoms with Crippen LogP contribution in [0.5, 0.6) is 0 Å². The van der Waals surface area contributed by atoms with E-state index >= 15 is 0 Å². The van der Waals surface area contributed by atoms with Crippen molar-refractivity contribution in [1.82, 2.24) is 0 Å². The number of ether oxygens (including phenoxy) is 1. The van der Waals surface area contributed by atoms with Crippen LogP contribution < -0.4 is 0 Å². The first-order chi connectivity index (χ1) is 16.2. The molecule has 3 nitrogen and oxygen atoms in total. The Morgan fingerprint density at radius 1 is 0.684 bits per heavy atom. The van der Waals surface area contributed by atoms with E-state index in [4.69, 9.17) is 5.11 Å². The van der Waals surface area contributed by atoms with Gasteiger partial charge in [0.1, 0.15) is 0 Å². The van der Waals surface area contributed by atoms with Gasteiger partial charge in [0.05, 0.1) is 0 Å². The molecular formula is C16H11F19O3. The average Bonchev–Trinajstić information content (AvgIpc) is 2.70. The molecule has 1 N–H and O–H groups in total. The Labute approximate surface area is 197 Å². The van der Waals surface area contributed by atoms with Crippen LogP contribution in [0.2, 0.25) is 0 Å². The maximum absolute atomic E-state index is 13.7. The van der Waals surface area contributed by atoms with Crippen molar-refractivity contribution in [2.45, 2.75) is 79.6 Å². The lowest BCUT2D eigenvalue weighted by molar-refractivity contribution is -0.452. The van der Waals surface area contributed by atoms with E-state index in [1.807, 2.05) is 0 Å². The quantitative estimate of drug-likeness (QED) is 0.165. The molecule has 22 heteroatoms. The van der Waals surface area contributed by atoms with Gasteiger partial charge in [0.2, 0.25) is 6.17 Å². The average molecular weight is 612 g/mol. The van der Waals surface area contributed by atoms with Crippen molar-refractivity contribution >= 4 is 5.97 Å². The molecule has 0 heterocycles. The predicted octanol–water partition coefficient (Wildman–Crippen LogP) is 6.50. The molecule has 0 spiro atoms. The SMILES string of the molecule is C=C(C)C(=O)OC(F)C(O)(F)C(F)C(F)(F)C(F)(F)C(F)(F)C(F)(F)C(F)(F)C(F)(F)C(C)(F)C(F)(F)F. The van der Waals surface area contributed by atoms with Crippen LogP contribution in [-0.4, -0.2) is 76.8 Å². The van der Waals surface area contributed by atoms with Crippen molar-refractivity contribution in [2.24, 2.45) is 0 Å². The van der Waals surface area contributed by atoms with Gasteiger partial charge in [0, 0.05) is 5.57 Å². The molecule has 0 fully saturated rings. The molecule has 0 aromatic heterocycles. The Morgan fingerprint density at radius 2 is 1.00 bits per heavy atom. The highest BCUT2D eigenvalue weighted by molar-refractivity contribution is 5.87. The van der Waals surface area contributed by atoms with Gasteiger partial charge >= 0.3 is 59.9 Å². The van der Waals surface area contributed by atoms with E-state index < -0.39 is 84.2 Å². The molecule has 38 heavy (non-hydrogen) atoms. The van der Waals surface area contributed by atoms with E-state index in [1.54, 1.807) is 0 Å². The highest BCUT2D eigenvalue weighted by Crippen LogP contribution is 2.64. The largest absolute Gasteiger partial charge is 0.428 e. The Bertz CT molecular complexity index is 904. The number of aliphatic hydroxyl groups is 1. The van der Waals surface area contributed by atoms with Gasteiger partial charge in [-0.05, 0) is 13.8 Å². The first kappa shape index (κ1) is 35.8. The van der Waals surface area contributed by atoms with Crippen LogP contribution >= 0.6 is 0 Å². The summed E-state index contributed by atoms with van der Waals surface area (Å²) >= 11 is 0. The van der Waals surface area contributed by atoms with Gasteiger partial charge in [-0.15, -0.1) is 0 Å². The molecule has 0 aromatic carbocycles. The smallest absolute Gasteiger partial charge is 0.421 e. The molecule has 4 atom stereocenters. The van der Waals surface area contributed by atoms with Crippen LogP contribution in [0.3, 0.4) is 0 Å². The summed E-state index contributed by atoms with van der Waals surface area (Å²) in [5, 5.41) is 8.72. The maximum Gasteiger partial charge on any atom is 0.428 e. The van der Waals surface area contributed by atoms with Crippen LogP contribution in [0.15, 0.2) is 12.2 Å². The van der Waals surface area contributed by atoms with Crippen LogP contribution in [-0.2, 0) is 9.53 Å². The lowest BCUT2D eigenvalue weighted by Crippen LogP contribution is -2.76. The fourth-order valence-electron chi connectivity index (χ4n) is 2.08. The lowest BCUT2D eigenvalue weighted by Gasteiger charge is -2.44. The Balaban J connectivity index is 6.83. The van der Waals surface area contributed by atoms with E-state index in [9.17, 15) is 88.2 Å². The van der Waals surface area contributed by atoms with Gasteiger partial charge < -0.3 is 9.84 Å². The van der Waals surface area contributed by atoms with E-state index in [2.05, 4.69) is 11.3 Å². The number of halogens is 19. The third kappa shape index (κ3) is 4.84. The standard InChI is InChI=1S/C16H11F19O3/c1-4(2)5(36)38-7(18)9(20,37)6(17)10(21,22)12(25,26)14(29,30)15(31,32)13(27,28)11(23,24)8(3,19)16(33,34)35/h6-7,37H,1H2,2-3H3. The monoisotopic (exact) mass is 612 g/mol. The van der Waals surface area contributed by atoms with Crippen LogP contribution in [0, 0.1) is 0 Å². The van der Waals surface area contributed by atoms with Crippen molar-refractivity contribution in [2.75, 3.05) is 0 Å². The number of alkyl halides is 19. The number of hydrogen-bond acceptors (Lipinski definition) is 3. The molecular weight excluding hydrogens is 601 g/mol. The molecule has 0 radical (unpaired) electrons. The Hall–Kier alpha value is -2.16. The Kier molecular flexibility index (Phi) is 8.95. The summed E-state index contributed by atoms with van der Waals surface area (Å²) in [6, 6.07) is 0. The van der Waals surface area contributed by atoms with E-state index in [0.29, 0.717) is 6.92 Å². The molecule has 0 bridgehead atoms. The van der Waals surface area contributed by atoms with Crippen LogP contribution in [0.4, 0.5) is 83.4 Å². The molecule has 0 rings (SSSR count). The van der Waals surface area contributed by atoms with Gasteiger partial charge in [-0.3, -0.25) is 0 Å². The molecule has 0 aliphatic rings. The van der Waals surface area contributed by atoms with Crippen LogP contribution in [0.25, 0.3) is 0 Å². The van der Waals surface area contributed by atoms with Crippen molar-refractivity contribution in [3.05, 3.63) is 12.2 Å². The predicted molar refractivity (Wildman–Crippen MR) is 82.0 cm³/mol. The van der Waals surface area contributed by atoms with Gasteiger partial charge in [-0.2, -0.15) is 70.2 Å². The summed E-state index contributed by atoms with van der Waals surface area (Å²) < 4.78 is 258. The third-order valence-corrected chi connectivity index (χ3v) is 4.67. The first-order valence-electron chi connectivity index (χ1n) is 8.74. The fourth-order valence-corrected chi connectivity index (χ4v) is 2.08. The molecule has 0 saturated carbocycles. The number of carbonyl (C=O) groups is 1. The third-order valence-electron chi connectivity index (χ3n) is 4.67. The fraction of sp³-hybridized carbons (Fsp3) is 0.812. The van der Waals surface area contributed by atoms with Gasteiger partial charge in [0.25, 0.3) is 5.67 Å². The molecule has 0 aliphatic carbocycles. The molecule has 0 amide bonds. The minimum atomic E-state index is -8.87. The van der Waals surface area contributed by atoms with Crippen molar-refractivity contribution in [1.29, 1.82) is 0 Å². The zero-order chi connectivity index (χ0) is 31.5. The summed E-state index contributed by atoms with van der Waals surface area (Å²) in [4.78, 5) is 10.9. The normalized spacial score (nSPS) is 19.7. The molecule has 226 valence electrons. The Morgan fingerprint density at radius 3 is 1.32 bits per heavy atom. The minimum Gasteiger partial charge on any atom is -0.421 e. The van der Waals surface area contributed by atoms with E-state index in [-0.39, 0.29) is 0 Å². The highest BCUT2D eigenvalue weighted by Gasteiger charge is 2.94. The number of hydrogen-bond donors (Lipinski definition) is 1. The number of rotatable bonds is 11. The maximum atomic E-state index is 13.7. The highest BCUT2D eigenvalue weighted by atomic mass is 19.4. The minimum absolute atomic E-state index is 0.571. The van der Waals surface area contributed by atoms with Crippen molar-refractivity contribution in [3.8, 4) is 0 Å².